The number of hydrogen-bond donors (Lipinski definition) is 0. The summed E-state index contributed by atoms with van der Waals surface area (Å²) in [7, 11) is 1.37. The van der Waals surface area contributed by atoms with Crippen molar-refractivity contribution >= 4 is 11.8 Å². The number of Topliss-reactive ketones (excluding diaryl/α,β-unsaturated/α-hetero) is 1. The minimum Gasteiger partial charge on any atom is -0.454 e. The fourth-order valence-electron chi connectivity index (χ4n) is 1.55. The molecule has 1 saturated heterocycles. The largest absolute Gasteiger partial charge is 0.454 e. The Morgan fingerprint density at radius 3 is 2.19 bits per heavy atom. The lowest BCUT2D eigenvalue weighted by Gasteiger charge is -2.27. The van der Waals surface area contributed by atoms with Gasteiger partial charge in [0.2, 0.25) is 0 Å². The zero-order chi connectivity index (χ0) is 12.1. The van der Waals surface area contributed by atoms with Crippen LogP contribution in [0, 0.1) is 0 Å². The molecule has 92 valence electrons. The van der Waals surface area contributed by atoms with Crippen LogP contribution in [-0.2, 0) is 28.5 Å². The summed E-state index contributed by atoms with van der Waals surface area (Å²) >= 11 is 0. The molecule has 1 aliphatic heterocycles. The first-order valence-electron chi connectivity index (χ1n) is 5.00. The van der Waals surface area contributed by atoms with Gasteiger partial charge in [0.15, 0.2) is 24.3 Å². The summed E-state index contributed by atoms with van der Waals surface area (Å²) < 4.78 is 20.4. The van der Waals surface area contributed by atoms with E-state index >= 15 is 0 Å². The maximum atomic E-state index is 11.3. The molecule has 0 aromatic heterocycles. The molecule has 1 aliphatic rings. The molecule has 0 aromatic rings. The average Bonchev–Trinajstić information content (AvgIpc) is 2.68. The number of rotatable bonds is 5. The van der Waals surface area contributed by atoms with E-state index in [1.54, 1.807) is 0 Å². The van der Waals surface area contributed by atoms with Crippen molar-refractivity contribution in [2.75, 3.05) is 20.3 Å². The minimum atomic E-state index is -0.869. The zero-order valence-electron chi connectivity index (χ0n) is 9.60. The Labute approximate surface area is 93.8 Å². The van der Waals surface area contributed by atoms with Gasteiger partial charge in [0.05, 0.1) is 13.2 Å². The number of methoxy groups -OCH3 is 1. The summed E-state index contributed by atoms with van der Waals surface area (Å²) in [6.45, 7) is 3.45. The quantitative estimate of drug-likeness (QED) is 0.616. The highest BCUT2D eigenvalue weighted by molar-refractivity contribution is 5.81. The molecule has 0 spiro atoms. The second-order valence-electron chi connectivity index (χ2n) is 3.45. The van der Waals surface area contributed by atoms with Crippen LogP contribution in [0.5, 0.6) is 0 Å². The molecule has 0 saturated carbocycles. The van der Waals surface area contributed by atoms with Crippen molar-refractivity contribution in [3.63, 3.8) is 0 Å². The van der Waals surface area contributed by atoms with Gasteiger partial charge in [0.1, 0.15) is 0 Å². The lowest BCUT2D eigenvalue weighted by molar-refractivity contribution is -0.193. The Hall–Kier alpha value is -0.980. The van der Waals surface area contributed by atoms with E-state index in [1.807, 2.05) is 0 Å². The normalized spacial score (nSPS) is 20.4. The third-order valence-corrected chi connectivity index (χ3v) is 2.17. The number of carbonyl (C=O) groups is 2. The molecular formula is C10H16O6. The van der Waals surface area contributed by atoms with Gasteiger partial charge in [-0.1, -0.05) is 0 Å². The molecule has 0 aliphatic carbocycles. The molecule has 0 amide bonds. The maximum absolute atomic E-state index is 11.3. The topological polar surface area (TPSA) is 71.1 Å². The first kappa shape index (κ1) is 13.1. The molecular weight excluding hydrogens is 216 g/mol. The lowest BCUT2D eigenvalue weighted by atomic mass is 10.1. The molecule has 2 atom stereocenters. The number of esters is 1. The average molecular weight is 232 g/mol. The van der Waals surface area contributed by atoms with Crippen LogP contribution in [0.2, 0.25) is 0 Å². The van der Waals surface area contributed by atoms with Crippen molar-refractivity contribution in [1.82, 2.24) is 0 Å². The van der Waals surface area contributed by atoms with E-state index in [4.69, 9.17) is 18.9 Å². The van der Waals surface area contributed by atoms with E-state index in [-0.39, 0.29) is 5.78 Å². The molecule has 0 bridgehead atoms. The molecule has 1 heterocycles. The van der Waals surface area contributed by atoms with Gasteiger partial charge in [-0.25, -0.2) is 0 Å². The summed E-state index contributed by atoms with van der Waals surface area (Å²) in [6, 6.07) is 0. The van der Waals surface area contributed by atoms with Gasteiger partial charge in [-0.05, 0) is 6.92 Å². The van der Waals surface area contributed by atoms with Gasteiger partial charge >= 0.3 is 5.97 Å². The van der Waals surface area contributed by atoms with Crippen LogP contribution in [-0.4, -0.2) is 50.6 Å². The molecule has 1 rings (SSSR count). The molecule has 0 N–H and O–H groups in total. The van der Waals surface area contributed by atoms with Gasteiger partial charge < -0.3 is 18.9 Å². The second-order valence-corrected chi connectivity index (χ2v) is 3.45. The van der Waals surface area contributed by atoms with Gasteiger partial charge in [0.25, 0.3) is 0 Å². The standard InChI is InChI=1S/C10H16O6/c1-6(11)8(13-3)9(16-7(2)12)10-14-4-5-15-10/h8-10H,4-5H2,1-3H3. The molecule has 6 nitrogen and oxygen atoms in total. The number of hydrogen-bond acceptors (Lipinski definition) is 6. The summed E-state index contributed by atoms with van der Waals surface area (Å²) in [5.41, 5.74) is 0. The van der Waals surface area contributed by atoms with Crippen molar-refractivity contribution in [3.8, 4) is 0 Å². The molecule has 0 radical (unpaired) electrons. The highest BCUT2D eigenvalue weighted by atomic mass is 16.7. The fraction of sp³-hybridized carbons (Fsp3) is 0.800. The highest BCUT2D eigenvalue weighted by Gasteiger charge is 2.38. The summed E-state index contributed by atoms with van der Waals surface area (Å²) in [6.07, 6.45) is -2.47. The van der Waals surface area contributed by atoms with E-state index in [2.05, 4.69) is 0 Å². The Morgan fingerprint density at radius 2 is 1.81 bits per heavy atom. The monoisotopic (exact) mass is 232 g/mol. The minimum absolute atomic E-state index is 0.243. The predicted molar refractivity (Wildman–Crippen MR) is 52.7 cm³/mol. The summed E-state index contributed by atoms with van der Waals surface area (Å²) in [5.74, 6) is -0.750. The molecule has 2 unspecified atom stereocenters. The van der Waals surface area contributed by atoms with Gasteiger partial charge in [-0.2, -0.15) is 0 Å². The van der Waals surface area contributed by atoms with Gasteiger partial charge in [-0.3, -0.25) is 9.59 Å². The van der Waals surface area contributed by atoms with Crippen molar-refractivity contribution in [2.45, 2.75) is 32.3 Å². The summed E-state index contributed by atoms with van der Waals surface area (Å²) in [5, 5.41) is 0. The Bertz CT molecular complexity index is 258. The lowest BCUT2D eigenvalue weighted by Crippen LogP contribution is -2.46. The van der Waals surface area contributed by atoms with E-state index in [1.165, 1.54) is 21.0 Å². The molecule has 6 heteroatoms. The number of ether oxygens (including phenoxy) is 4. The van der Waals surface area contributed by atoms with Crippen molar-refractivity contribution in [2.24, 2.45) is 0 Å². The van der Waals surface area contributed by atoms with E-state index < -0.39 is 24.5 Å². The molecule has 16 heavy (non-hydrogen) atoms. The van der Waals surface area contributed by atoms with Crippen molar-refractivity contribution in [1.29, 1.82) is 0 Å². The van der Waals surface area contributed by atoms with Crippen LogP contribution in [0.3, 0.4) is 0 Å². The highest BCUT2D eigenvalue weighted by Crippen LogP contribution is 2.17. The van der Waals surface area contributed by atoms with Crippen LogP contribution in [0.15, 0.2) is 0 Å². The second kappa shape index (κ2) is 5.93. The van der Waals surface area contributed by atoms with Gasteiger partial charge in [-0.15, -0.1) is 0 Å². The first-order valence-corrected chi connectivity index (χ1v) is 5.00. The summed E-state index contributed by atoms with van der Waals surface area (Å²) in [4.78, 5) is 22.3. The van der Waals surface area contributed by atoms with Crippen molar-refractivity contribution in [3.05, 3.63) is 0 Å². The third-order valence-electron chi connectivity index (χ3n) is 2.17. The molecule has 0 aromatic carbocycles. The molecule has 1 fully saturated rings. The predicted octanol–water partition coefficient (Wildman–Crippen LogP) is -0.105. The van der Waals surface area contributed by atoms with E-state index in [0.717, 1.165) is 0 Å². The van der Waals surface area contributed by atoms with Crippen LogP contribution in [0.1, 0.15) is 13.8 Å². The number of ketones is 1. The van der Waals surface area contributed by atoms with Gasteiger partial charge in [0, 0.05) is 14.0 Å². The number of carbonyl (C=O) groups excluding carboxylic acids is 2. The first-order chi connectivity index (χ1) is 7.56. The smallest absolute Gasteiger partial charge is 0.303 e. The Kier molecular flexibility index (Phi) is 4.85. The zero-order valence-corrected chi connectivity index (χ0v) is 9.60. The van der Waals surface area contributed by atoms with E-state index in [9.17, 15) is 9.59 Å². The Morgan fingerprint density at radius 1 is 1.25 bits per heavy atom. The van der Waals surface area contributed by atoms with Crippen LogP contribution < -0.4 is 0 Å². The Balaban J connectivity index is 2.75. The van der Waals surface area contributed by atoms with Crippen LogP contribution in [0.4, 0.5) is 0 Å². The van der Waals surface area contributed by atoms with Crippen LogP contribution in [0.25, 0.3) is 0 Å². The van der Waals surface area contributed by atoms with Crippen LogP contribution >= 0.6 is 0 Å². The fourth-order valence-corrected chi connectivity index (χ4v) is 1.55. The van der Waals surface area contributed by atoms with Crippen molar-refractivity contribution < 1.29 is 28.5 Å². The maximum Gasteiger partial charge on any atom is 0.303 e. The SMILES string of the molecule is COC(C(C)=O)C(OC(C)=O)C1OCCO1. The third kappa shape index (κ3) is 3.26. The van der Waals surface area contributed by atoms with E-state index in [0.29, 0.717) is 13.2 Å².